The van der Waals surface area contributed by atoms with Gasteiger partial charge in [-0.3, -0.25) is 0 Å². The molecule has 0 atom stereocenters. The Morgan fingerprint density at radius 1 is 1.43 bits per heavy atom. The second-order valence-corrected chi connectivity index (χ2v) is 3.03. The van der Waals surface area contributed by atoms with Gasteiger partial charge in [-0.05, 0) is 25.1 Å². The van der Waals surface area contributed by atoms with E-state index < -0.39 is 0 Å². The lowest BCUT2D eigenvalue weighted by Crippen LogP contribution is -1.87. The van der Waals surface area contributed by atoms with Gasteiger partial charge in [0.05, 0.1) is 5.69 Å². The number of aromatic nitrogens is 1. The molecule has 0 radical (unpaired) electrons. The molecule has 0 bridgehead atoms. The van der Waals surface area contributed by atoms with Crippen LogP contribution in [0.5, 0.6) is 5.75 Å². The highest BCUT2D eigenvalue weighted by atomic mass is 16.3. The predicted octanol–water partition coefficient (Wildman–Crippen LogP) is 1.94. The molecule has 4 nitrogen and oxygen atoms in total. The van der Waals surface area contributed by atoms with Crippen LogP contribution < -0.4 is 5.73 Å². The summed E-state index contributed by atoms with van der Waals surface area (Å²) in [7, 11) is 0. The molecule has 2 aromatic rings. The van der Waals surface area contributed by atoms with Crippen LogP contribution >= 0.6 is 0 Å². The number of hydrogen-bond acceptors (Lipinski definition) is 4. The first kappa shape index (κ1) is 8.62. The van der Waals surface area contributed by atoms with Crippen molar-refractivity contribution in [1.29, 1.82) is 0 Å². The van der Waals surface area contributed by atoms with Gasteiger partial charge in [-0.1, -0.05) is 0 Å². The van der Waals surface area contributed by atoms with E-state index in [2.05, 4.69) is 4.98 Å². The number of oxazole rings is 1. The normalized spacial score (nSPS) is 10.4. The minimum absolute atomic E-state index is 0.0786. The van der Waals surface area contributed by atoms with Crippen LogP contribution in [-0.4, -0.2) is 10.1 Å². The van der Waals surface area contributed by atoms with Crippen molar-refractivity contribution in [3.05, 3.63) is 30.4 Å². The van der Waals surface area contributed by atoms with E-state index in [1.807, 2.05) is 6.92 Å². The molecule has 3 N–H and O–H groups in total. The molecule has 1 aromatic heterocycles. The zero-order valence-corrected chi connectivity index (χ0v) is 7.69. The Morgan fingerprint density at radius 2 is 2.21 bits per heavy atom. The van der Waals surface area contributed by atoms with Gasteiger partial charge in [0, 0.05) is 5.56 Å². The fourth-order valence-corrected chi connectivity index (χ4v) is 1.28. The van der Waals surface area contributed by atoms with Crippen LogP contribution in [0, 0.1) is 6.92 Å². The van der Waals surface area contributed by atoms with Crippen LogP contribution in [-0.2, 0) is 0 Å². The van der Waals surface area contributed by atoms with E-state index in [9.17, 15) is 5.11 Å². The third-order valence-corrected chi connectivity index (χ3v) is 2.05. The largest absolute Gasteiger partial charge is 0.506 e. The number of anilines is 1. The summed E-state index contributed by atoms with van der Waals surface area (Å²) in [6.45, 7) is 1.82. The summed E-state index contributed by atoms with van der Waals surface area (Å²) in [6, 6.07) is 4.95. The number of benzene rings is 1. The molecule has 14 heavy (non-hydrogen) atoms. The Bertz CT molecular complexity index is 463. The average Bonchev–Trinajstić information content (AvgIpc) is 2.57. The topological polar surface area (TPSA) is 72.3 Å². The fraction of sp³-hybridized carbons (Fsp3) is 0.100. The number of rotatable bonds is 1. The zero-order valence-electron chi connectivity index (χ0n) is 7.69. The Balaban J connectivity index is 2.53. The summed E-state index contributed by atoms with van der Waals surface area (Å²) in [5.74, 6) is 0.810. The first-order valence-electron chi connectivity index (χ1n) is 4.17. The predicted molar refractivity (Wildman–Crippen MR) is 52.8 cm³/mol. The lowest BCUT2D eigenvalue weighted by Gasteiger charge is -2.01. The van der Waals surface area contributed by atoms with Crippen molar-refractivity contribution in [3.63, 3.8) is 0 Å². The van der Waals surface area contributed by atoms with Gasteiger partial charge in [0.1, 0.15) is 17.2 Å². The third-order valence-electron chi connectivity index (χ3n) is 2.05. The number of nitrogens with zero attached hydrogens (tertiary/aromatic N) is 1. The molecule has 0 unspecified atom stereocenters. The Hall–Kier alpha value is -1.97. The van der Waals surface area contributed by atoms with Crippen LogP contribution in [0.2, 0.25) is 0 Å². The molecule has 0 amide bonds. The zero-order chi connectivity index (χ0) is 10.1. The lowest BCUT2D eigenvalue weighted by molar-refractivity contribution is 0.478. The number of aromatic hydroxyl groups is 1. The Morgan fingerprint density at radius 3 is 2.79 bits per heavy atom. The van der Waals surface area contributed by atoms with Crippen LogP contribution in [0.25, 0.3) is 11.3 Å². The summed E-state index contributed by atoms with van der Waals surface area (Å²) in [4.78, 5) is 4.05. The van der Waals surface area contributed by atoms with Crippen molar-refractivity contribution in [3.8, 4) is 17.0 Å². The van der Waals surface area contributed by atoms with Crippen molar-refractivity contribution < 1.29 is 9.52 Å². The van der Waals surface area contributed by atoms with Crippen LogP contribution in [0.3, 0.4) is 0 Å². The van der Waals surface area contributed by atoms with Crippen LogP contribution in [0.15, 0.2) is 29.0 Å². The van der Waals surface area contributed by atoms with Gasteiger partial charge in [-0.2, -0.15) is 0 Å². The molecule has 2 rings (SSSR count). The molecule has 4 heteroatoms. The number of phenolic OH excluding ortho intramolecular Hbond substituents is 1. The van der Waals surface area contributed by atoms with Gasteiger partial charge in [-0.15, -0.1) is 0 Å². The van der Waals surface area contributed by atoms with Gasteiger partial charge >= 0.3 is 0 Å². The maximum atomic E-state index is 9.24. The second-order valence-electron chi connectivity index (χ2n) is 3.03. The molecule has 0 aliphatic heterocycles. The Kier molecular flexibility index (Phi) is 1.89. The molecule has 0 saturated heterocycles. The van der Waals surface area contributed by atoms with Crippen molar-refractivity contribution >= 4 is 5.69 Å². The SMILES string of the molecule is Cc1ocnc1-c1ccc(O)c(N)c1. The lowest BCUT2D eigenvalue weighted by atomic mass is 10.1. The van der Waals surface area contributed by atoms with E-state index in [0.29, 0.717) is 5.69 Å². The highest BCUT2D eigenvalue weighted by molar-refractivity contribution is 5.68. The summed E-state index contributed by atoms with van der Waals surface area (Å²) >= 11 is 0. The van der Waals surface area contributed by atoms with E-state index in [4.69, 9.17) is 10.2 Å². The highest BCUT2D eigenvalue weighted by Crippen LogP contribution is 2.28. The number of aryl methyl sites for hydroxylation is 1. The minimum atomic E-state index is 0.0786. The van der Waals surface area contributed by atoms with Gasteiger partial charge in [0.25, 0.3) is 0 Å². The number of nitrogens with two attached hydrogens (primary N) is 1. The average molecular weight is 190 g/mol. The summed E-state index contributed by atoms with van der Waals surface area (Å²) in [6.07, 6.45) is 1.38. The quantitative estimate of drug-likeness (QED) is 0.532. The Labute approximate surface area is 81.0 Å². The summed E-state index contributed by atoms with van der Waals surface area (Å²) in [5.41, 5.74) is 7.49. The summed E-state index contributed by atoms with van der Waals surface area (Å²) < 4.78 is 5.07. The molecule has 1 aromatic carbocycles. The van der Waals surface area contributed by atoms with E-state index >= 15 is 0 Å². The fourth-order valence-electron chi connectivity index (χ4n) is 1.28. The van der Waals surface area contributed by atoms with Gasteiger partial charge in [-0.25, -0.2) is 4.98 Å². The van der Waals surface area contributed by atoms with Crippen molar-refractivity contribution in [2.45, 2.75) is 6.92 Å². The number of nitrogen functional groups attached to an aromatic ring is 1. The second kappa shape index (κ2) is 3.06. The standard InChI is InChI=1S/C10H10N2O2/c1-6-10(12-5-14-6)7-2-3-9(13)8(11)4-7/h2-5,13H,11H2,1H3. The number of phenols is 1. The maximum absolute atomic E-state index is 9.24. The molecule has 0 fully saturated rings. The molecule has 0 saturated carbocycles. The molecule has 0 spiro atoms. The van der Waals surface area contributed by atoms with Crippen LogP contribution in [0.1, 0.15) is 5.76 Å². The summed E-state index contributed by atoms with van der Waals surface area (Å²) in [5, 5.41) is 9.24. The molecular formula is C10H10N2O2. The van der Waals surface area contributed by atoms with E-state index in [0.717, 1.165) is 17.0 Å². The van der Waals surface area contributed by atoms with Crippen molar-refractivity contribution in [2.24, 2.45) is 0 Å². The van der Waals surface area contributed by atoms with E-state index in [1.54, 1.807) is 18.2 Å². The minimum Gasteiger partial charge on any atom is -0.506 e. The molecule has 72 valence electrons. The van der Waals surface area contributed by atoms with Gasteiger partial charge in [0.15, 0.2) is 6.39 Å². The third kappa shape index (κ3) is 1.31. The molecule has 0 aliphatic carbocycles. The number of hydrogen-bond donors (Lipinski definition) is 2. The highest BCUT2D eigenvalue weighted by Gasteiger charge is 2.07. The maximum Gasteiger partial charge on any atom is 0.181 e. The van der Waals surface area contributed by atoms with Crippen molar-refractivity contribution in [2.75, 3.05) is 5.73 Å². The van der Waals surface area contributed by atoms with Gasteiger partial charge < -0.3 is 15.3 Å². The monoisotopic (exact) mass is 190 g/mol. The smallest absolute Gasteiger partial charge is 0.181 e. The molecule has 0 aliphatic rings. The van der Waals surface area contributed by atoms with Crippen LogP contribution in [0.4, 0.5) is 5.69 Å². The van der Waals surface area contributed by atoms with E-state index in [1.165, 1.54) is 6.39 Å². The molecule has 1 heterocycles. The van der Waals surface area contributed by atoms with Crippen molar-refractivity contribution in [1.82, 2.24) is 4.98 Å². The van der Waals surface area contributed by atoms with Gasteiger partial charge in [0.2, 0.25) is 0 Å². The molecular weight excluding hydrogens is 180 g/mol. The first-order valence-corrected chi connectivity index (χ1v) is 4.17. The first-order chi connectivity index (χ1) is 6.68. The van der Waals surface area contributed by atoms with E-state index in [-0.39, 0.29) is 5.75 Å².